The number of carbonyl (C=O) groups is 1. The maximum Gasteiger partial charge on any atom is 0.224 e. The Bertz CT molecular complexity index is 911. The molecular weight excluding hydrogens is 388 g/mol. The van der Waals surface area contributed by atoms with Crippen LogP contribution >= 0.6 is 0 Å². The minimum Gasteiger partial charge on any atom is -0.445 e. The minimum atomic E-state index is -0.287. The summed E-state index contributed by atoms with van der Waals surface area (Å²) >= 11 is 0. The van der Waals surface area contributed by atoms with E-state index < -0.39 is 0 Å². The topological polar surface area (TPSA) is 83.1 Å². The molecule has 0 bridgehead atoms. The molecule has 0 fully saturated rings. The smallest absolute Gasteiger partial charge is 0.224 e. The Labute approximate surface area is 185 Å². The number of rotatable bonds is 15. The van der Waals surface area contributed by atoms with Crippen molar-refractivity contribution in [2.75, 3.05) is 5.32 Å². The van der Waals surface area contributed by atoms with E-state index in [9.17, 15) is 9.59 Å². The molecule has 0 spiro atoms. The number of amides is 1. The summed E-state index contributed by atoms with van der Waals surface area (Å²) in [6.45, 7) is 2.26. The van der Waals surface area contributed by atoms with Gasteiger partial charge in [-0.25, -0.2) is 0 Å². The SMILES string of the molecule is CCCCCCCCCCCCCCCC(=O)Nc1ccc2oc(C#N)cc(=O)c2c1. The van der Waals surface area contributed by atoms with Crippen molar-refractivity contribution in [3.8, 4) is 6.07 Å². The second-order valence-electron chi connectivity index (χ2n) is 8.34. The van der Waals surface area contributed by atoms with Gasteiger partial charge in [-0.15, -0.1) is 0 Å². The number of carbonyl (C=O) groups excluding carboxylic acids is 1. The van der Waals surface area contributed by atoms with Gasteiger partial charge in [0.05, 0.1) is 5.39 Å². The highest BCUT2D eigenvalue weighted by Gasteiger charge is 2.08. The van der Waals surface area contributed by atoms with E-state index >= 15 is 0 Å². The normalized spacial score (nSPS) is 10.8. The minimum absolute atomic E-state index is 0.0169. The Morgan fingerprint density at radius 3 is 2.06 bits per heavy atom. The number of anilines is 1. The summed E-state index contributed by atoms with van der Waals surface area (Å²) < 4.78 is 5.33. The van der Waals surface area contributed by atoms with Crippen molar-refractivity contribution in [1.82, 2.24) is 0 Å². The lowest BCUT2D eigenvalue weighted by atomic mass is 10.0. The summed E-state index contributed by atoms with van der Waals surface area (Å²) in [6, 6.07) is 7.90. The van der Waals surface area contributed by atoms with E-state index in [0.717, 1.165) is 12.8 Å². The molecule has 168 valence electrons. The zero-order valence-corrected chi connectivity index (χ0v) is 18.9. The molecule has 0 atom stereocenters. The fourth-order valence-electron chi connectivity index (χ4n) is 3.82. The highest BCUT2D eigenvalue weighted by molar-refractivity contribution is 5.93. The van der Waals surface area contributed by atoms with E-state index in [1.807, 2.05) is 6.07 Å². The van der Waals surface area contributed by atoms with Gasteiger partial charge in [0, 0.05) is 18.2 Å². The molecule has 5 nitrogen and oxygen atoms in total. The number of nitrogens with one attached hydrogen (secondary N) is 1. The Morgan fingerprint density at radius 1 is 0.903 bits per heavy atom. The van der Waals surface area contributed by atoms with Crippen molar-refractivity contribution < 1.29 is 9.21 Å². The van der Waals surface area contributed by atoms with Crippen LogP contribution in [0.3, 0.4) is 0 Å². The molecule has 1 amide bonds. The van der Waals surface area contributed by atoms with Gasteiger partial charge in [0.1, 0.15) is 11.7 Å². The lowest BCUT2D eigenvalue weighted by Gasteiger charge is -2.06. The van der Waals surface area contributed by atoms with Gasteiger partial charge in [-0.05, 0) is 24.6 Å². The quantitative estimate of drug-likeness (QED) is 0.309. The molecule has 2 aromatic rings. The molecule has 2 rings (SSSR count). The first-order chi connectivity index (χ1) is 15.1. The number of benzene rings is 1. The monoisotopic (exact) mass is 424 g/mol. The highest BCUT2D eigenvalue weighted by atomic mass is 16.3. The lowest BCUT2D eigenvalue weighted by molar-refractivity contribution is -0.116. The number of hydrogen-bond donors (Lipinski definition) is 1. The molecule has 31 heavy (non-hydrogen) atoms. The van der Waals surface area contributed by atoms with Gasteiger partial charge in [0.25, 0.3) is 0 Å². The van der Waals surface area contributed by atoms with Crippen molar-refractivity contribution >= 4 is 22.6 Å². The Kier molecular flexibility index (Phi) is 11.5. The molecule has 0 unspecified atom stereocenters. The van der Waals surface area contributed by atoms with Crippen LogP contribution in [-0.2, 0) is 4.79 Å². The van der Waals surface area contributed by atoms with Gasteiger partial charge in [-0.1, -0.05) is 84.0 Å². The van der Waals surface area contributed by atoms with Crippen LogP contribution in [0.5, 0.6) is 0 Å². The van der Waals surface area contributed by atoms with Crippen molar-refractivity contribution in [2.45, 2.75) is 96.8 Å². The maximum absolute atomic E-state index is 12.2. The van der Waals surface area contributed by atoms with Crippen LogP contribution in [-0.4, -0.2) is 5.91 Å². The van der Waals surface area contributed by atoms with E-state index in [-0.39, 0.29) is 17.1 Å². The molecule has 1 N–H and O–H groups in total. The molecular formula is C26H36N2O3. The van der Waals surface area contributed by atoms with Crippen molar-refractivity contribution in [2.24, 2.45) is 0 Å². The molecule has 0 aliphatic carbocycles. The predicted molar refractivity (Wildman–Crippen MR) is 126 cm³/mol. The van der Waals surface area contributed by atoms with Gasteiger partial charge >= 0.3 is 0 Å². The van der Waals surface area contributed by atoms with Gasteiger partial charge in [-0.3, -0.25) is 9.59 Å². The van der Waals surface area contributed by atoms with Crippen molar-refractivity contribution in [3.05, 3.63) is 40.2 Å². The first kappa shape index (κ1) is 24.7. The molecule has 0 radical (unpaired) electrons. The largest absolute Gasteiger partial charge is 0.445 e. The molecule has 0 saturated heterocycles. The number of fused-ring (bicyclic) bond motifs is 1. The number of nitriles is 1. The summed E-state index contributed by atoms with van der Waals surface area (Å²) in [7, 11) is 0. The maximum atomic E-state index is 12.2. The van der Waals surface area contributed by atoms with Crippen LogP contribution in [0.25, 0.3) is 11.0 Å². The van der Waals surface area contributed by atoms with E-state index in [4.69, 9.17) is 9.68 Å². The van der Waals surface area contributed by atoms with E-state index in [0.29, 0.717) is 23.1 Å². The van der Waals surface area contributed by atoms with Gasteiger partial charge < -0.3 is 9.73 Å². The van der Waals surface area contributed by atoms with Gasteiger partial charge in [-0.2, -0.15) is 5.26 Å². The molecule has 0 aliphatic heterocycles. The zero-order chi connectivity index (χ0) is 22.3. The Hall–Kier alpha value is -2.61. The van der Waals surface area contributed by atoms with Gasteiger partial charge in [0.15, 0.2) is 5.43 Å². The first-order valence-corrected chi connectivity index (χ1v) is 11.9. The fourth-order valence-corrected chi connectivity index (χ4v) is 3.82. The van der Waals surface area contributed by atoms with Crippen molar-refractivity contribution in [1.29, 1.82) is 5.26 Å². The van der Waals surface area contributed by atoms with E-state index in [1.54, 1.807) is 18.2 Å². The van der Waals surface area contributed by atoms with E-state index in [2.05, 4.69) is 12.2 Å². The molecule has 0 saturated carbocycles. The highest BCUT2D eigenvalue weighted by Crippen LogP contribution is 2.18. The number of nitrogens with zero attached hydrogens (tertiary/aromatic N) is 1. The lowest BCUT2D eigenvalue weighted by Crippen LogP contribution is -2.11. The first-order valence-electron chi connectivity index (χ1n) is 11.9. The average Bonchev–Trinajstić information content (AvgIpc) is 2.77. The molecule has 0 aliphatic rings. The molecule has 1 heterocycles. The second-order valence-corrected chi connectivity index (χ2v) is 8.34. The average molecular weight is 425 g/mol. The number of hydrogen-bond acceptors (Lipinski definition) is 4. The Balaban J connectivity index is 1.56. The van der Waals surface area contributed by atoms with Crippen molar-refractivity contribution in [3.63, 3.8) is 0 Å². The summed E-state index contributed by atoms with van der Waals surface area (Å²) in [5.74, 6) is -0.0582. The van der Waals surface area contributed by atoms with Gasteiger partial charge in [0.2, 0.25) is 11.7 Å². The summed E-state index contributed by atoms with van der Waals surface area (Å²) in [4.78, 5) is 24.3. The zero-order valence-electron chi connectivity index (χ0n) is 18.9. The third-order valence-electron chi connectivity index (χ3n) is 5.63. The fraction of sp³-hybridized carbons (Fsp3) is 0.577. The van der Waals surface area contributed by atoms with Crippen LogP contribution in [0, 0.1) is 11.3 Å². The summed E-state index contributed by atoms with van der Waals surface area (Å²) in [5.41, 5.74) is 0.633. The second kappa shape index (κ2) is 14.4. The third-order valence-corrected chi connectivity index (χ3v) is 5.63. The molecule has 1 aromatic heterocycles. The van der Waals surface area contributed by atoms with Crippen LogP contribution in [0.1, 0.15) is 103 Å². The predicted octanol–water partition coefficient (Wildman–Crippen LogP) is 7.08. The third kappa shape index (κ3) is 9.38. The summed E-state index contributed by atoms with van der Waals surface area (Å²) in [5, 5.41) is 12.1. The van der Waals surface area contributed by atoms with Crippen LogP contribution in [0.15, 0.2) is 33.5 Å². The Morgan fingerprint density at radius 2 is 1.48 bits per heavy atom. The number of unbranched alkanes of at least 4 members (excludes halogenated alkanes) is 12. The summed E-state index contributed by atoms with van der Waals surface area (Å²) in [6.07, 6.45) is 17.1. The van der Waals surface area contributed by atoms with E-state index in [1.165, 1.54) is 76.7 Å². The molecule has 1 aromatic carbocycles. The van der Waals surface area contributed by atoms with Crippen LogP contribution in [0.2, 0.25) is 0 Å². The van der Waals surface area contributed by atoms with Crippen LogP contribution in [0.4, 0.5) is 5.69 Å². The standard InChI is InChI=1S/C26H36N2O3/c1-2-3-4-5-6-7-8-9-10-11-12-13-14-15-26(30)28-21-16-17-25-23(18-21)24(29)19-22(20-27)31-25/h16-19H,2-15H2,1H3,(H,28,30). The molecule has 5 heteroatoms. The van der Waals surface area contributed by atoms with Crippen LogP contribution < -0.4 is 10.7 Å².